The third kappa shape index (κ3) is 2.98. The van der Waals surface area contributed by atoms with E-state index in [-0.39, 0.29) is 23.4 Å². The molecule has 8 heteroatoms. The van der Waals surface area contributed by atoms with Crippen LogP contribution >= 0.6 is 0 Å². The number of carbonyl (C=O) groups excluding carboxylic acids is 1. The molecule has 0 atom stereocenters. The quantitative estimate of drug-likeness (QED) is 0.560. The Bertz CT molecular complexity index is 997. The highest BCUT2D eigenvalue weighted by molar-refractivity contribution is 5.95. The molecule has 2 aromatic carbocycles. The van der Waals surface area contributed by atoms with E-state index in [0.29, 0.717) is 16.5 Å². The molecular formula is C16H12N4O4. The van der Waals surface area contributed by atoms with Crippen molar-refractivity contribution in [3.63, 3.8) is 0 Å². The Labute approximate surface area is 135 Å². The highest BCUT2D eigenvalue weighted by atomic mass is 16.6. The molecule has 120 valence electrons. The fraction of sp³-hybridized carbons (Fsp3) is 0.0625. The first-order valence-corrected chi connectivity index (χ1v) is 7.05. The van der Waals surface area contributed by atoms with Gasteiger partial charge in [-0.25, -0.2) is 5.10 Å². The Morgan fingerprint density at radius 1 is 1.17 bits per heavy atom. The van der Waals surface area contributed by atoms with E-state index in [2.05, 4.69) is 15.5 Å². The molecule has 0 radical (unpaired) electrons. The molecule has 0 bridgehead atoms. The summed E-state index contributed by atoms with van der Waals surface area (Å²) in [5.74, 6) is -0.462. The van der Waals surface area contributed by atoms with Crippen molar-refractivity contribution in [1.82, 2.24) is 15.5 Å². The van der Waals surface area contributed by atoms with Crippen LogP contribution in [0.2, 0.25) is 0 Å². The molecule has 24 heavy (non-hydrogen) atoms. The van der Waals surface area contributed by atoms with Crippen molar-refractivity contribution < 1.29 is 9.72 Å². The lowest BCUT2D eigenvalue weighted by Crippen LogP contribution is -2.24. The van der Waals surface area contributed by atoms with Gasteiger partial charge in [0.2, 0.25) is 0 Å². The fourth-order valence-corrected chi connectivity index (χ4v) is 2.33. The number of H-pyrrole nitrogens is 1. The average Bonchev–Trinajstić information content (AvgIpc) is 2.61. The summed E-state index contributed by atoms with van der Waals surface area (Å²) in [4.78, 5) is 34.1. The number of rotatable bonds is 4. The number of non-ortho nitro benzene ring substituents is 1. The van der Waals surface area contributed by atoms with Gasteiger partial charge >= 0.3 is 0 Å². The number of nitrogens with zero attached hydrogens (tertiary/aromatic N) is 2. The standard InChI is InChI=1S/C16H12N4O4/c21-15(10-4-3-5-11(8-10)20(23)24)17-9-14-12-6-1-2-7-13(12)16(22)19-18-14/h1-8H,9H2,(H,17,21)(H,19,22). The van der Waals surface area contributed by atoms with Crippen molar-refractivity contribution in [3.8, 4) is 0 Å². The monoisotopic (exact) mass is 324 g/mol. The van der Waals surface area contributed by atoms with Gasteiger partial charge in [-0.1, -0.05) is 24.3 Å². The minimum Gasteiger partial charge on any atom is -0.346 e. The van der Waals surface area contributed by atoms with E-state index in [1.807, 2.05) is 0 Å². The van der Waals surface area contributed by atoms with E-state index in [9.17, 15) is 19.7 Å². The first-order chi connectivity index (χ1) is 11.6. The summed E-state index contributed by atoms with van der Waals surface area (Å²) >= 11 is 0. The predicted molar refractivity (Wildman–Crippen MR) is 86.6 cm³/mol. The summed E-state index contributed by atoms with van der Waals surface area (Å²) < 4.78 is 0. The summed E-state index contributed by atoms with van der Waals surface area (Å²) in [6.07, 6.45) is 0. The third-order valence-electron chi connectivity index (χ3n) is 3.51. The zero-order chi connectivity index (χ0) is 17.1. The van der Waals surface area contributed by atoms with Gasteiger partial charge in [0.05, 0.1) is 22.5 Å². The minimum atomic E-state index is -0.562. The largest absolute Gasteiger partial charge is 0.346 e. The molecule has 0 fully saturated rings. The van der Waals surface area contributed by atoms with Gasteiger partial charge in [0.1, 0.15) is 0 Å². The van der Waals surface area contributed by atoms with E-state index >= 15 is 0 Å². The van der Waals surface area contributed by atoms with E-state index in [4.69, 9.17) is 0 Å². The molecule has 0 aliphatic heterocycles. The number of nitro benzene ring substituents is 1. The van der Waals surface area contributed by atoms with Crippen LogP contribution < -0.4 is 10.9 Å². The molecule has 0 aliphatic carbocycles. The van der Waals surface area contributed by atoms with Crippen LogP contribution in [0.5, 0.6) is 0 Å². The van der Waals surface area contributed by atoms with Crippen molar-refractivity contribution >= 4 is 22.4 Å². The number of nitro groups is 1. The number of hydrogen-bond donors (Lipinski definition) is 2. The van der Waals surface area contributed by atoms with Gasteiger partial charge in [0, 0.05) is 23.1 Å². The van der Waals surface area contributed by atoms with Gasteiger partial charge in [0.15, 0.2) is 0 Å². The lowest BCUT2D eigenvalue weighted by molar-refractivity contribution is -0.384. The Hall–Kier alpha value is -3.55. The lowest BCUT2D eigenvalue weighted by Gasteiger charge is -2.07. The second-order valence-corrected chi connectivity index (χ2v) is 5.04. The van der Waals surface area contributed by atoms with Gasteiger partial charge in [-0.3, -0.25) is 19.7 Å². The highest BCUT2D eigenvalue weighted by Gasteiger charge is 2.12. The average molecular weight is 324 g/mol. The summed E-state index contributed by atoms with van der Waals surface area (Å²) in [7, 11) is 0. The van der Waals surface area contributed by atoms with Crippen molar-refractivity contribution in [3.05, 3.63) is 80.3 Å². The Kier molecular flexibility index (Phi) is 4.02. The lowest BCUT2D eigenvalue weighted by atomic mass is 10.1. The van der Waals surface area contributed by atoms with E-state index in [1.54, 1.807) is 24.3 Å². The van der Waals surface area contributed by atoms with Crippen LogP contribution in [-0.2, 0) is 6.54 Å². The predicted octanol–water partition coefficient (Wildman–Crippen LogP) is 1.76. The van der Waals surface area contributed by atoms with E-state index < -0.39 is 10.8 Å². The molecule has 1 amide bonds. The normalized spacial score (nSPS) is 10.5. The maximum absolute atomic E-state index is 12.2. The second-order valence-electron chi connectivity index (χ2n) is 5.04. The Morgan fingerprint density at radius 3 is 2.67 bits per heavy atom. The Morgan fingerprint density at radius 2 is 1.92 bits per heavy atom. The van der Waals surface area contributed by atoms with Crippen molar-refractivity contribution in [2.75, 3.05) is 0 Å². The number of benzene rings is 2. The third-order valence-corrected chi connectivity index (χ3v) is 3.51. The summed E-state index contributed by atoms with van der Waals surface area (Å²) in [6, 6.07) is 12.4. The van der Waals surface area contributed by atoms with Gasteiger partial charge < -0.3 is 5.32 Å². The Balaban J connectivity index is 1.83. The zero-order valence-corrected chi connectivity index (χ0v) is 12.4. The number of carbonyl (C=O) groups is 1. The number of aromatic amines is 1. The van der Waals surface area contributed by atoms with Gasteiger partial charge in [-0.05, 0) is 12.1 Å². The minimum absolute atomic E-state index is 0.0822. The number of aromatic nitrogens is 2. The molecule has 1 aromatic heterocycles. The van der Waals surface area contributed by atoms with Crippen LogP contribution in [0.15, 0.2) is 53.3 Å². The summed E-state index contributed by atoms with van der Waals surface area (Å²) in [5, 5.41) is 20.9. The zero-order valence-electron chi connectivity index (χ0n) is 12.4. The summed E-state index contributed by atoms with van der Waals surface area (Å²) in [6.45, 7) is 0.0822. The molecule has 1 heterocycles. The highest BCUT2D eigenvalue weighted by Crippen LogP contribution is 2.14. The molecule has 2 N–H and O–H groups in total. The molecule has 8 nitrogen and oxygen atoms in total. The van der Waals surface area contributed by atoms with Crippen LogP contribution in [0.4, 0.5) is 5.69 Å². The second kappa shape index (κ2) is 6.29. The first kappa shape index (κ1) is 15.3. The van der Waals surface area contributed by atoms with Crippen LogP contribution in [0.25, 0.3) is 10.8 Å². The molecule has 0 aliphatic rings. The van der Waals surface area contributed by atoms with Crippen LogP contribution in [-0.4, -0.2) is 21.0 Å². The molecule has 0 saturated carbocycles. The smallest absolute Gasteiger partial charge is 0.272 e. The molecule has 0 saturated heterocycles. The number of nitrogens with one attached hydrogen (secondary N) is 2. The van der Waals surface area contributed by atoms with Crippen molar-refractivity contribution in [2.45, 2.75) is 6.54 Å². The van der Waals surface area contributed by atoms with Crippen LogP contribution in [0.3, 0.4) is 0 Å². The van der Waals surface area contributed by atoms with Gasteiger partial charge in [-0.2, -0.15) is 5.10 Å². The molecular weight excluding hydrogens is 312 g/mol. The van der Waals surface area contributed by atoms with Crippen LogP contribution in [0.1, 0.15) is 16.1 Å². The number of amides is 1. The van der Waals surface area contributed by atoms with Crippen molar-refractivity contribution in [1.29, 1.82) is 0 Å². The number of hydrogen-bond acceptors (Lipinski definition) is 5. The maximum atomic E-state index is 12.2. The molecule has 0 unspecified atom stereocenters. The van der Waals surface area contributed by atoms with Gasteiger partial charge in [-0.15, -0.1) is 0 Å². The fourth-order valence-electron chi connectivity index (χ4n) is 2.33. The molecule has 0 spiro atoms. The molecule has 3 aromatic rings. The van der Waals surface area contributed by atoms with Crippen molar-refractivity contribution in [2.24, 2.45) is 0 Å². The summed E-state index contributed by atoms with van der Waals surface area (Å²) in [5.41, 5.74) is 0.219. The molecule has 3 rings (SSSR count). The SMILES string of the molecule is O=C(NCc1n[nH]c(=O)c2ccccc12)c1cccc([N+](=O)[O-])c1. The van der Waals surface area contributed by atoms with Crippen LogP contribution in [0, 0.1) is 10.1 Å². The van der Waals surface area contributed by atoms with E-state index in [1.165, 1.54) is 24.3 Å². The topological polar surface area (TPSA) is 118 Å². The number of fused-ring (bicyclic) bond motifs is 1. The first-order valence-electron chi connectivity index (χ1n) is 7.05. The maximum Gasteiger partial charge on any atom is 0.272 e. The van der Waals surface area contributed by atoms with E-state index in [0.717, 1.165) is 0 Å². The van der Waals surface area contributed by atoms with Gasteiger partial charge in [0.25, 0.3) is 17.2 Å².